The van der Waals surface area contributed by atoms with Gasteiger partial charge in [-0.25, -0.2) is 0 Å². The van der Waals surface area contributed by atoms with E-state index in [0.29, 0.717) is 14.5 Å². The number of benzene rings is 2. The Balaban J connectivity index is 2.60. The van der Waals surface area contributed by atoms with E-state index in [-0.39, 0.29) is 0 Å². The zero-order valence-corrected chi connectivity index (χ0v) is 10.2. The molecule has 0 N–H and O–H groups in total. The van der Waals surface area contributed by atoms with Crippen molar-refractivity contribution in [1.82, 2.24) is 0 Å². The van der Waals surface area contributed by atoms with Crippen LogP contribution in [-0.2, 0) is 0 Å². The van der Waals surface area contributed by atoms with E-state index >= 15 is 0 Å². The molecule has 0 atom stereocenters. The monoisotopic (exact) mass is 259 g/mol. The second-order valence-corrected chi connectivity index (χ2v) is 5.99. The minimum atomic E-state index is 0.479. The minimum absolute atomic E-state index is 0.479. The van der Waals surface area contributed by atoms with Crippen LogP contribution in [0.25, 0.3) is 19.3 Å². The van der Waals surface area contributed by atoms with E-state index in [2.05, 4.69) is 55.5 Å². The summed E-state index contributed by atoms with van der Waals surface area (Å²) in [5, 5.41) is 2.88. The third kappa shape index (κ3) is 1.40. The number of aryl methyl sites for hydroxylation is 1. The maximum atomic E-state index is 2.26. The number of hydrogen-bond acceptors (Lipinski definition) is 0. The number of rotatable bonds is 0. The fraction of sp³-hybridized carbons (Fsp3) is 0.0714. The van der Waals surface area contributed by atoms with Crippen molar-refractivity contribution in [3.8, 4) is 0 Å². The molecule has 0 spiro atoms. The summed E-state index contributed by atoms with van der Waals surface area (Å²) >= 11 is 0.479. The summed E-state index contributed by atoms with van der Waals surface area (Å²) in [4.78, 5) is 0. The molecule has 1 heteroatoms. The van der Waals surface area contributed by atoms with Gasteiger partial charge in [-0.1, -0.05) is 0 Å². The predicted octanol–water partition coefficient (Wildman–Crippen LogP) is 3.64. The zero-order valence-electron chi connectivity index (χ0n) is 8.53. The van der Waals surface area contributed by atoms with Crippen LogP contribution in [0.3, 0.4) is 0 Å². The summed E-state index contributed by atoms with van der Waals surface area (Å²) in [5.74, 6) is 0. The number of fused-ring (bicyclic) bond motifs is 2. The molecule has 0 unspecified atom stereocenters. The molecule has 0 fully saturated rings. The zero-order chi connectivity index (χ0) is 10.3. The summed E-state index contributed by atoms with van der Waals surface area (Å²) in [5.41, 5.74) is 1.43. The Bertz CT molecular complexity index is 587. The second-order valence-electron chi connectivity index (χ2n) is 3.72. The van der Waals surface area contributed by atoms with Crippen molar-refractivity contribution in [2.24, 2.45) is 0 Å². The van der Waals surface area contributed by atoms with Crippen molar-refractivity contribution in [1.29, 1.82) is 0 Å². The van der Waals surface area contributed by atoms with Gasteiger partial charge in [0.05, 0.1) is 0 Å². The average Bonchev–Trinajstić information content (AvgIpc) is 2.30. The third-order valence-electron chi connectivity index (χ3n) is 2.80. The van der Waals surface area contributed by atoms with Crippen LogP contribution < -0.4 is 0 Å². The van der Waals surface area contributed by atoms with E-state index in [1.165, 1.54) is 24.9 Å². The SMILES string of the molecule is Cc1c2ccccc2[se+]c2ccccc12. The summed E-state index contributed by atoms with van der Waals surface area (Å²) < 4.78 is 3.03. The van der Waals surface area contributed by atoms with Crippen LogP contribution in [-0.4, -0.2) is 14.5 Å². The van der Waals surface area contributed by atoms with Gasteiger partial charge in [-0.05, 0) is 0 Å². The van der Waals surface area contributed by atoms with Crippen LogP contribution in [0, 0.1) is 6.92 Å². The van der Waals surface area contributed by atoms with Gasteiger partial charge in [0.15, 0.2) is 0 Å². The molecule has 0 amide bonds. The standard InChI is InChI=1S/C14H11Se/c1-10-11-6-2-4-8-13(11)15-14-9-5-3-7-12(10)14/h2-9H,1H3/q+1. The Morgan fingerprint density at radius 1 is 0.733 bits per heavy atom. The molecule has 72 valence electrons. The molecular weight excluding hydrogens is 247 g/mol. The first-order valence-electron chi connectivity index (χ1n) is 5.06. The van der Waals surface area contributed by atoms with Crippen LogP contribution in [0.5, 0.6) is 0 Å². The Hall–Kier alpha value is -1.17. The van der Waals surface area contributed by atoms with Gasteiger partial charge in [0.25, 0.3) is 0 Å². The predicted molar refractivity (Wildman–Crippen MR) is 67.5 cm³/mol. The summed E-state index contributed by atoms with van der Waals surface area (Å²) in [6, 6.07) is 17.5. The summed E-state index contributed by atoms with van der Waals surface area (Å²) in [6.07, 6.45) is 0. The van der Waals surface area contributed by atoms with E-state index in [9.17, 15) is 0 Å². The molecule has 3 rings (SSSR count). The van der Waals surface area contributed by atoms with Crippen LogP contribution in [0.15, 0.2) is 48.5 Å². The number of hydrogen-bond donors (Lipinski definition) is 0. The molecule has 0 saturated heterocycles. The van der Waals surface area contributed by atoms with Crippen molar-refractivity contribution in [3.63, 3.8) is 0 Å². The molecule has 0 bridgehead atoms. The van der Waals surface area contributed by atoms with E-state index in [4.69, 9.17) is 0 Å². The molecule has 2 aromatic carbocycles. The summed E-state index contributed by atoms with van der Waals surface area (Å²) in [7, 11) is 0. The Labute approximate surface area is 94.9 Å². The first-order chi connectivity index (χ1) is 7.36. The normalized spacial score (nSPS) is 11.0. The van der Waals surface area contributed by atoms with Crippen molar-refractivity contribution >= 4 is 33.8 Å². The van der Waals surface area contributed by atoms with Gasteiger partial charge in [-0.3, -0.25) is 0 Å². The summed E-state index contributed by atoms with van der Waals surface area (Å²) in [6.45, 7) is 2.23. The molecular formula is C14H11Se+. The maximum absolute atomic E-state index is 2.26. The van der Waals surface area contributed by atoms with Gasteiger partial charge in [-0.15, -0.1) is 0 Å². The van der Waals surface area contributed by atoms with Crippen molar-refractivity contribution in [2.75, 3.05) is 0 Å². The van der Waals surface area contributed by atoms with Gasteiger partial charge in [-0.2, -0.15) is 0 Å². The van der Waals surface area contributed by atoms with E-state index in [1.807, 2.05) is 0 Å². The molecule has 15 heavy (non-hydrogen) atoms. The van der Waals surface area contributed by atoms with Crippen LogP contribution in [0.4, 0.5) is 0 Å². The van der Waals surface area contributed by atoms with Gasteiger partial charge in [0, 0.05) is 0 Å². The Morgan fingerprint density at radius 3 is 1.73 bits per heavy atom. The van der Waals surface area contributed by atoms with Crippen LogP contribution >= 0.6 is 0 Å². The van der Waals surface area contributed by atoms with Gasteiger partial charge in [0.1, 0.15) is 0 Å². The van der Waals surface area contributed by atoms with Crippen LogP contribution in [0.1, 0.15) is 5.56 Å². The van der Waals surface area contributed by atoms with E-state index in [0.717, 1.165) is 0 Å². The van der Waals surface area contributed by atoms with Crippen molar-refractivity contribution in [3.05, 3.63) is 54.1 Å². The molecule has 1 heterocycles. The first-order valence-corrected chi connectivity index (χ1v) is 6.78. The molecule has 3 aromatic rings. The van der Waals surface area contributed by atoms with E-state index < -0.39 is 0 Å². The van der Waals surface area contributed by atoms with Gasteiger partial charge >= 0.3 is 94.8 Å². The molecule has 1 aromatic heterocycles. The molecule has 0 aliphatic heterocycles. The average molecular weight is 258 g/mol. The van der Waals surface area contributed by atoms with E-state index in [1.54, 1.807) is 0 Å². The molecule has 0 aliphatic carbocycles. The Morgan fingerprint density at radius 2 is 1.20 bits per heavy atom. The molecule has 0 radical (unpaired) electrons. The van der Waals surface area contributed by atoms with Crippen molar-refractivity contribution < 1.29 is 0 Å². The fourth-order valence-electron chi connectivity index (χ4n) is 1.99. The van der Waals surface area contributed by atoms with Crippen molar-refractivity contribution in [2.45, 2.75) is 6.92 Å². The quantitative estimate of drug-likeness (QED) is 0.426. The molecule has 0 aliphatic rings. The van der Waals surface area contributed by atoms with Crippen LogP contribution in [0.2, 0.25) is 0 Å². The topological polar surface area (TPSA) is 0 Å². The third-order valence-corrected chi connectivity index (χ3v) is 5.22. The van der Waals surface area contributed by atoms with Gasteiger partial charge in [0.2, 0.25) is 0 Å². The first kappa shape index (κ1) is 9.08. The molecule has 0 nitrogen and oxygen atoms in total. The second kappa shape index (κ2) is 3.44. The fourth-order valence-corrected chi connectivity index (χ4v) is 4.50. The van der Waals surface area contributed by atoms with Gasteiger partial charge < -0.3 is 0 Å². The molecule has 0 saturated carbocycles. The Kier molecular flexibility index (Phi) is 2.09.